The van der Waals surface area contributed by atoms with Crippen molar-refractivity contribution >= 4 is 11.0 Å². The molecule has 1 aromatic heterocycles. The average molecular weight is 508 g/mol. The number of benzene rings is 2. The molecule has 13 nitrogen and oxygen atoms in total. The van der Waals surface area contributed by atoms with Crippen molar-refractivity contribution < 1.29 is 59.1 Å². The molecule has 0 amide bonds. The number of phenols is 3. The second-order valence-corrected chi connectivity index (χ2v) is 7.94. The third kappa shape index (κ3) is 4.12. The van der Waals surface area contributed by atoms with E-state index in [1.165, 1.54) is 32.4 Å². The first-order valence-corrected chi connectivity index (χ1v) is 10.6. The van der Waals surface area contributed by atoms with E-state index in [0.29, 0.717) is 0 Å². The molecule has 5 atom stereocenters. The van der Waals surface area contributed by atoms with E-state index >= 15 is 0 Å². The summed E-state index contributed by atoms with van der Waals surface area (Å²) in [6.45, 7) is -0.678. The van der Waals surface area contributed by atoms with Gasteiger partial charge in [-0.1, -0.05) is 0 Å². The van der Waals surface area contributed by atoms with Crippen LogP contribution in [-0.2, 0) is 4.74 Å². The van der Waals surface area contributed by atoms with Crippen LogP contribution in [0.3, 0.4) is 0 Å². The molecule has 1 fully saturated rings. The summed E-state index contributed by atoms with van der Waals surface area (Å²) in [4.78, 5) is 13.0. The summed E-state index contributed by atoms with van der Waals surface area (Å²) in [5.74, 6) is -2.58. The van der Waals surface area contributed by atoms with E-state index in [0.717, 1.165) is 6.07 Å². The number of methoxy groups -OCH3 is 2. The van der Waals surface area contributed by atoms with Crippen LogP contribution in [-0.4, -0.2) is 87.3 Å². The van der Waals surface area contributed by atoms with Crippen LogP contribution in [0.15, 0.2) is 33.5 Å². The number of fused-ring (bicyclic) bond motifs is 1. The molecule has 0 saturated carbocycles. The number of aliphatic hydroxyl groups is 4. The highest BCUT2D eigenvalue weighted by Crippen LogP contribution is 2.49. The molecule has 13 heteroatoms. The molecule has 3 aromatic rings. The summed E-state index contributed by atoms with van der Waals surface area (Å²) in [5, 5.41) is 70.3. The topological polar surface area (TPSA) is 209 Å². The molecule has 1 aliphatic rings. The minimum atomic E-state index is -1.73. The summed E-state index contributed by atoms with van der Waals surface area (Å²) < 4.78 is 26.9. The zero-order valence-corrected chi connectivity index (χ0v) is 19.0. The quantitative estimate of drug-likeness (QED) is 0.230. The van der Waals surface area contributed by atoms with Gasteiger partial charge in [-0.15, -0.1) is 0 Å². The van der Waals surface area contributed by atoms with E-state index in [-0.39, 0.29) is 39.5 Å². The van der Waals surface area contributed by atoms with Crippen LogP contribution >= 0.6 is 0 Å². The monoisotopic (exact) mass is 508 g/mol. The van der Waals surface area contributed by atoms with Crippen molar-refractivity contribution in [1.82, 2.24) is 0 Å². The molecule has 4 rings (SSSR count). The summed E-state index contributed by atoms with van der Waals surface area (Å²) in [7, 11) is 2.37. The number of hydrogen-bond acceptors (Lipinski definition) is 13. The molecule has 194 valence electrons. The Balaban J connectivity index is 1.86. The van der Waals surface area contributed by atoms with Crippen molar-refractivity contribution in [3.63, 3.8) is 0 Å². The zero-order valence-electron chi connectivity index (χ0n) is 19.0. The first-order valence-electron chi connectivity index (χ1n) is 10.6. The van der Waals surface area contributed by atoms with Gasteiger partial charge in [0.15, 0.2) is 16.8 Å². The van der Waals surface area contributed by atoms with E-state index in [1.807, 2.05) is 0 Å². The van der Waals surface area contributed by atoms with Crippen LogP contribution < -0.4 is 19.6 Å². The Bertz CT molecular complexity index is 1330. The van der Waals surface area contributed by atoms with Crippen molar-refractivity contribution in [3.8, 4) is 45.8 Å². The molecule has 1 aliphatic heterocycles. The lowest BCUT2D eigenvalue weighted by Crippen LogP contribution is -2.60. The molecular weight excluding hydrogens is 484 g/mol. The highest BCUT2D eigenvalue weighted by atomic mass is 16.7. The smallest absolute Gasteiger partial charge is 0.229 e. The largest absolute Gasteiger partial charge is 0.508 e. The maximum Gasteiger partial charge on any atom is 0.229 e. The molecule has 0 bridgehead atoms. The Kier molecular flexibility index (Phi) is 6.84. The summed E-state index contributed by atoms with van der Waals surface area (Å²) in [6.07, 6.45) is -7.84. The molecule has 0 aliphatic carbocycles. The number of phenolic OH excluding ortho intramolecular Hbond substituents is 3. The highest BCUT2D eigenvalue weighted by molar-refractivity contribution is 5.95. The SMILES string of the molecule is COc1c(O)c(OC)c2oc(-c3cc(O)ccc3O[C@@H]3O[C@H](CO)[C@@H](O)[C@H](O)[C@H]3O)cc(=O)c2c1O. The molecule has 36 heavy (non-hydrogen) atoms. The predicted octanol–water partition coefficient (Wildman–Crippen LogP) is -0.227. The average Bonchev–Trinajstić information content (AvgIpc) is 2.85. The van der Waals surface area contributed by atoms with Crippen molar-refractivity contribution in [1.29, 1.82) is 0 Å². The van der Waals surface area contributed by atoms with Crippen LogP contribution in [0, 0.1) is 0 Å². The third-order valence-corrected chi connectivity index (χ3v) is 5.76. The molecular formula is C23H24O13. The van der Waals surface area contributed by atoms with E-state index in [4.69, 9.17) is 23.4 Å². The fourth-order valence-electron chi connectivity index (χ4n) is 3.93. The van der Waals surface area contributed by atoms with Crippen LogP contribution in [0.2, 0.25) is 0 Å². The Hall–Kier alpha value is -3.75. The van der Waals surface area contributed by atoms with Gasteiger partial charge in [0, 0.05) is 6.07 Å². The predicted molar refractivity (Wildman–Crippen MR) is 120 cm³/mol. The molecule has 0 radical (unpaired) electrons. The minimum Gasteiger partial charge on any atom is -0.508 e. The second kappa shape index (κ2) is 9.72. The lowest BCUT2D eigenvalue weighted by atomic mass is 9.99. The highest BCUT2D eigenvalue weighted by Gasteiger charge is 2.45. The maximum atomic E-state index is 13.0. The second-order valence-electron chi connectivity index (χ2n) is 7.94. The fraction of sp³-hybridized carbons (Fsp3) is 0.348. The summed E-state index contributed by atoms with van der Waals surface area (Å²) >= 11 is 0. The molecule has 0 unspecified atom stereocenters. The Morgan fingerprint density at radius 2 is 1.61 bits per heavy atom. The number of hydrogen-bond donors (Lipinski definition) is 7. The Labute approximate surface area is 202 Å². The number of aromatic hydroxyl groups is 3. The summed E-state index contributed by atoms with van der Waals surface area (Å²) in [5.41, 5.74) is -1.12. The number of ether oxygens (including phenoxy) is 4. The van der Waals surface area contributed by atoms with Crippen LogP contribution in [0.1, 0.15) is 0 Å². The van der Waals surface area contributed by atoms with Gasteiger partial charge in [0.05, 0.1) is 26.4 Å². The van der Waals surface area contributed by atoms with Crippen molar-refractivity contribution in [2.45, 2.75) is 30.7 Å². The molecule has 2 heterocycles. The van der Waals surface area contributed by atoms with Crippen molar-refractivity contribution in [2.24, 2.45) is 0 Å². The number of aliphatic hydroxyl groups excluding tert-OH is 4. The van der Waals surface area contributed by atoms with Gasteiger partial charge in [0.25, 0.3) is 0 Å². The minimum absolute atomic E-state index is 0.0252. The van der Waals surface area contributed by atoms with Gasteiger partial charge in [-0.3, -0.25) is 4.79 Å². The third-order valence-electron chi connectivity index (χ3n) is 5.76. The van der Waals surface area contributed by atoms with Crippen LogP contribution in [0.5, 0.6) is 34.5 Å². The molecule has 0 spiro atoms. The maximum absolute atomic E-state index is 13.0. The Morgan fingerprint density at radius 3 is 2.25 bits per heavy atom. The standard InChI is InChI=1S/C23H24O13/c1-32-21-16(28)14-10(26)6-12(34-20(14)22(33-2)19(21)31)9-5-8(25)3-4-11(9)35-23-18(30)17(29)15(27)13(7-24)36-23/h3-6,13,15,17-18,23-25,27-31H,7H2,1-2H3/t13-,15-,17+,18-,23-/m1/s1. The van der Waals surface area contributed by atoms with E-state index in [9.17, 15) is 40.5 Å². The van der Waals surface area contributed by atoms with E-state index in [1.54, 1.807) is 0 Å². The van der Waals surface area contributed by atoms with Crippen molar-refractivity contribution in [2.75, 3.05) is 20.8 Å². The number of rotatable bonds is 6. The van der Waals surface area contributed by atoms with Crippen LogP contribution in [0.25, 0.3) is 22.3 Å². The first kappa shape index (κ1) is 25.3. The van der Waals surface area contributed by atoms with Gasteiger partial charge in [0.2, 0.25) is 23.5 Å². The molecule has 7 N–H and O–H groups in total. The lowest BCUT2D eigenvalue weighted by molar-refractivity contribution is -0.277. The normalized spacial score (nSPS) is 24.0. The van der Waals surface area contributed by atoms with Gasteiger partial charge in [-0.05, 0) is 18.2 Å². The zero-order chi connectivity index (χ0) is 26.3. The van der Waals surface area contributed by atoms with Gasteiger partial charge in [-0.2, -0.15) is 0 Å². The van der Waals surface area contributed by atoms with Gasteiger partial charge in [-0.25, -0.2) is 0 Å². The van der Waals surface area contributed by atoms with Crippen molar-refractivity contribution in [3.05, 3.63) is 34.5 Å². The van der Waals surface area contributed by atoms with Gasteiger partial charge in [0.1, 0.15) is 47.1 Å². The Morgan fingerprint density at radius 1 is 0.917 bits per heavy atom. The van der Waals surface area contributed by atoms with E-state index in [2.05, 4.69) is 0 Å². The fourth-order valence-corrected chi connectivity index (χ4v) is 3.93. The van der Waals surface area contributed by atoms with Crippen LogP contribution in [0.4, 0.5) is 0 Å². The summed E-state index contributed by atoms with van der Waals surface area (Å²) in [6, 6.07) is 4.63. The molecule has 2 aromatic carbocycles. The first-order chi connectivity index (χ1) is 17.1. The van der Waals surface area contributed by atoms with Gasteiger partial charge < -0.3 is 59.1 Å². The van der Waals surface area contributed by atoms with Gasteiger partial charge >= 0.3 is 0 Å². The lowest BCUT2D eigenvalue weighted by Gasteiger charge is -2.39. The van der Waals surface area contributed by atoms with E-state index < -0.39 is 60.0 Å². The molecule has 1 saturated heterocycles.